The van der Waals surface area contributed by atoms with Crippen LogP contribution < -0.4 is 11.1 Å². The van der Waals surface area contributed by atoms with Crippen molar-refractivity contribution in [2.45, 2.75) is 13.8 Å². The van der Waals surface area contributed by atoms with Gasteiger partial charge in [-0.15, -0.1) is 0 Å². The molecule has 1 aromatic carbocycles. The number of aryl methyl sites for hydroxylation is 2. The van der Waals surface area contributed by atoms with E-state index in [-0.39, 0.29) is 5.11 Å². The molecule has 0 heterocycles. The van der Waals surface area contributed by atoms with Crippen molar-refractivity contribution >= 4 is 23.0 Å². The van der Waals surface area contributed by atoms with Crippen molar-refractivity contribution in [2.24, 2.45) is 0 Å². The summed E-state index contributed by atoms with van der Waals surface area (Å²) in [6.45, 7) is 3.99. The van der Waals surface area contributed by atoms with Gasteiger partial charge in [0.2, 0.25) is 0 Å². The average molecular weight is 179 g/mol. The monoisotopic (exact) mass is 179 g/mol. The second kappa shape index (κ2) is 3.54. The van der Waals surface area contributed by atoms with Gasteiger partial charge in [-0.3, -0.25) is 5.73 Å². The van der Waals surface area contributed by atoms with Crippen LogP contribution in [-0.4, -0.2) is 5.11 Å². The quantitative estimate of drug-likeness (QED) is 0.671. The zero-order valence-corrected chi connectivity index (χ0v) is 7.96. The van der Waals surface area contributed by atoms with Gasteiger partial charge in [-0.1, -0.05) is 18.2 Å². The number of para-hydroxylation sites is 1. The summed E-state index contributed by atoms with van der Waals surface area (Å²) < 4.78 is 0. The molecule has 0 aliphatic carbocycles. The fourth-order valence-electron chi connectivity index (χ4n) is 1.13. The van der Waals surface area contributed by atoms with Crippen LogP contribution in [0.1, 0.15) is 11.1 Å². The van der Waals surface area contributed by atoms with Gasteiger partial charge in [0.1, 0.15) is 0 Å². The maximum absolute atomic E-state index is 7.13. The molecule has 2 nitrogen and oxygen atoms in total. The fourth-order valence-corrected chi connectivity index (χ4v) is 1.23. The van der Waals surface area contributed by atoms with Crippen LogP contribution in [0.5, 0.6) is 0 Å². The molecule has 0 bridgehead atoms. The minimum Gasteiger partial charge on any atom is -0.331 e. The maximum atomic E-state index is 7.13. The molecule has 2 N–H and O–H groups in total. The van der Waals surface area contributed by atoms with Crippen LogP contribution in [0.15, 0.2) is 18.2 Å². The summed E-state index contributed by atoms with van der Waals surface area (Å²) in [5.41, 5.74) is 10.3. The predicted molar refractivity (Wildman–Crippen MR) is 55.2 cm³/mol. The number of anilines is 1. The molecule has 12 heavy (non-hydrogen) atoms. The Hall–Kier alpha value is -1.09. The lowest BCUT2D eigenvalue weighted by Gasteiger charge is -2.09. The number of hydrogen-bond donors (Lipinski definition) is 1. The molecule has 3 heteroatoms. The van der Waals surface area contributed by atoms with E-state index in [2.05, 4.69) is 17.5 Å². The molecule has 0 unspecified atom stereocenters. The van der Waals surface area contributed by atoms with Gasteiger partial charge in [0, 0.05) is 5.69 Å². The lowest BCUT2D eigenvalue weighted by Crippen LogP contribution is -2.11. The summed E-state index contributed by atoms with van der Waals surface area (Å²) in [6, 6.07) is 5.98. The SMILES string of the molecule is Cc1cccc(C)c1NC([NH])=S. The van der Waals surface area contributed by atoms with Crippen molar-refractivity contribution in [3.05, 3.63) is 29.3 Å². The van der Waals surface area contributed by atoms with Gasteiger partial charge in [0.05, 0.1) is 0 Å². The van der Waals surface area contributed by atoms with Crippen molar-refractivity contribution in [3.63, 3.8) is 0 Å². The van der Waals surface area contributed by atoms with Gasteiger partial charge in [-0.25, -0.2) is 0 Å². The molecular weight excluding hydrogens is 168 g/mol. The Bertz CT molecular complexity index is 287. The van der Waals surface area contributed by atoms with E-state index >= 15 is 0 Å². The second-order valence-electron chi connectivity index (χ2n) is 2.72. The first-order valence-corrected chi connectivity index (χ1v) is 4.11. The van der Waals surface area contributed by atoms with Crippen LogP contribution in [0.25, 0.3) is 0 Å². The Balaban J connectivity index is 3.04. The third kappa shape index (κ3) is 1.95. The molecule has 0 aliphatic heterocycles. The zero-order chi connectivity index (χ0) is 9.14. The number of benzene rings is 1. The van der Waals surface area contributed by atoms with Crippen LogP contribution in [0.2, 0.25) is 0 Å². The van der Waals surface area contributed by atoms with Crippen LogP contribution in [0.4, 0.5) is 5.69 Å². The van der Waals surface area contributed by atoms with E-state index in [1.807, 2.05) is 32.0 Å². The topological polar surface area (TPSA) is 35.8 Å². The lowest BCUT2D eigenvalue weighted by molar-refractivity contribution is 1.37. The van der Waals surface area contributed by atoms with Gasteiger partial charge in [-0.05, 0) is 37.2 Å². The van der Waals surface area contributed by atoms with Gasteiger partial charge >= 0.3 is 0 Å². The minimum atomic E-state index is 0.0624. The normalized spacial score (nSPS) is 9.50. The van der Waals surface area contributed by atoms with Crippen molar-refractivity contribution in [2.75, 3.05) is 5.32 Å². The molecule has 0 saturated carbocycles. The van der Waals surface area contributed by atoms with Crippen molar-refractivity contribution in [1.29, 1.82) is 0 Å². The van der Waals surface area contributed by atoms with Crippen molar-refractivity contribution in [3.8, 4) is 0 Å². The zero-order valence-electron chi connectivity index (χ0n) is 7.14. The number of thiocarbonyl (C=S) groups is 1. The molecule has 0 atom stereocenters. The maximum Gasteiger partial charge on any atom is 0.189 e. The number of hydrogen-bond acceptors (Lipinski definition) is 1. The summed E-state index contributed by atoms with van der Waals surface area (Å²) >= 11 is 4.65. The first kappa shape index (κ1) is 9.00. The molecule has 1 rings (SSSR count). The molecule has 63 valence electrons. The van der Waals surface area contributed by atoms with Gasteiger partial charge < -0.3 is 5.32 Å². The Labute approximate surface area is 77.8 Å². The highest BCUT2D eigenvalue weighted by Crippen LogP contribution is 2.18. The third-order valence-corrected chi connectivity index (χ3v) is 1.82. The molecule has 1 radical (unpaired) electrons. The Morgan fingerprint density at radius 1 is 1.33 bits per heavy atom. The molecular formula is C9H11N2S. The summed E-state index contributed by atoms with van der Waals surface area (Å²) in [5, 5.41) is 2.90. The van der Waals surface area contributed by atoms with Gasteiger partial charge in [0.15, 0.2) is 5.11 Å². The number of nitrogens with one attached hydrogen (secondary N) is 2. The molecule has 0 aliphatic rings. The Morgan fingerprint density at radius 3 is 2.25 bits per heavy atom. The molecule has 0 aromatic heterocycles. The average Bonchev–Trinajstić information content (AvgIpc) is 1.97. The highest BCUT2D eigenvalue weighted by Gasteiger charge is 2.00. The molecule has 0 amide bonds. The van der Waals surface area contributed by atoms with E-state index in [0.29, 0.717) is 0 Å². The van der Waals surface area contributed by atoms with Crippen molar-refractivity contribution < 1.29 is 0 Å². The van der Waals surface area contributed by atoms with E-state index in [4.69, 9.17) is 5.73 Å². The second-order valence-corrected chi connectivity index (χ2v) is 3.13. The van der Waals surface area contributed by atoms with E-state index < -0.39 is 0 Å². The molecule has 1 aromatic rings. The van der Waals surface area contributed by atoms with E-state index in [1.54, 1.807) is 0 Å². The first-order chi connectivity index (χ1) is 5.61. The smallest absolute Gasteiger partial charge is 0.189 e. The fraction of sp³-hybridized carbons (Fsp3) is 0.222. The summed E-state index contributed by atoms with van der Waals surface area (Å²) in [6.07, 6.45) is 0. The van der Waals surface area contributed by atoms with Crippen LogP contribution >= 0.6 is 12.2 Å². The molecule has 0 fully saturated rings. The van der Waals surface area contributed by atoms with E-state index in [0.717, 1.165) is 16.8 Å². The van der Waals surface area contributed by atoms with Gasteiger partial charge in [0.25, 0.3) is 0 Å². The first-order valence-electron chi connectivity index (χ1n) is 3.70. The standard InChI is InChI=1S/C9H11N2S/c1-6-4-3-5-7(2)8(6)11-9(10)12/h3-5,10H,1-2H3,(H,11,12). The largest absolute Gasteiger partial charge is 0.331 e. The molecule has 0 saturated heterocycles. The minimum absolute atomic E-state index is 0.0624. The third-order valence-electron chi connectivity index (χ3n) is 1.72. The highest BCUT2D eigenvalue weighted by molar-refractivity contribution is 7.80. The summed E-state index contributed by atoms with van der Waals surface area (Å²) in [4.78, 5) is 0. The predicted octanol–water partition coefficient (Wildman–Crippen LogP) is 2.28. The lowest BCUT2D eigenvalue weighted by atomic mass is 10.1. The summed E-state index contributed by atoms with van der Waals surface area (Å²) in [5.74, 6) is 0. The Kier molecular flexibility index (Phi) is 2.65. The van der Waals surface area contributed by atoms with E-state index in [9.17, 15) is 0 Å². The Morgan fingerprint density at radius 2 is 1.83 bits per heavy atom. The summed E-state index contributed by atoms with van der Waals surface area (Å²) in [7, 11) is 0. The highest BCUT2D eigenvalue weighted by atomic mass is 32.1. The van der Waals surface area contributed by atoms with Crippen LogP contribution in [0.3, 0.4) is 0 Å². The van der Waals surface area contributed by atoms with E-state index in [1.165, 1.54) is 0 Å². The molecule has 0 spiro atoms. The number of rotatable bonds is 1. The van der Waals surface area contributed by atoms with Crippen LogP contribution in [-0.2, 0) is 0 Å². The van der Waals surface area contributed by atoms with Crippen LogP contribution in [0, 0.1) is 13.8 Å². The van der Waals surface area contributed by atoms with Gasteiger partial charge in [-0.2, -0.15) is 0 Å². The van der Waals surface area contributed by atoms with Crippen molar-refractivity contribution in [1.82, 2.24) is 5.73 Å².